The number of fused-ring (bicyclic) bond motifs is 4. The van der Waals surface area contributed by atoms with Gasteiger partial charge in [0.2, 0.25) is 0 Å². The van der Waals surface area contributed by atoms with Crippen LogP contribution in [0.2, 0.25) is 0 Å². The van der Waals surface area contributed by atoms with Crippen LogP contribution in [-0.4, -0.2) is 18.6 Å². The van der Waals surface area contributed by atoms with E-state index in [1.165, 1.54) is 33.0 Å². The van der Waals surface area contributed by atoms with E-state index in [1.54, 1.807) is 5.57 Å². The van der Waals surface area contributed by atoms with Crippen molar-refractivity contribution >= 4 is 28.6 Å². The Bertz CT molecular complexity index is 760. The van der Waals surface area contributed by atoms with Crippen LogP contribution >= 0.6 is 11.8 Å². The topological polar surface area (TPSA) is 24.1 Å². The molecule has 22 heavy (non-hydrogen) atoms. The highest BCUT2D eigenvalue weighted by Crippen LogP contribution is 2.29. The van der Waals surface area contributed by atoms with E-state index in [2.05, 4.69) is 55.0 Å². The summed E-state index contributed by atoms with van der Waals surface area (Å²) in [6.07, 6.45) is 4.59. The van der Waals surface area contributed by atoms with Gasteiger partial charge in [-0.3, -0.25) is 0 Å². The molecule has 3 heteroatoms. The minimum absolute atomic E-state index is 0.518. The maximum Gasteiger partial charge on any atom is 0.0511 e. The molecule has 3 aliphatic heterocycles. The van der Waals surface area contributed by atoms with Crippen molar-refractivity contribution in [1.82, 2.24) is 5.32 Å². The van der Waals surface area contributed by atoms with Gasteiger partial charge in [0, 0.05) is 33.6 Å². The maximum atomic E-state index is 3.79. The number of allylic oxidation sites excluding steroid dienone is 1. The smallest absolute Gasteiger partial charge is 0.0511 e. The monoisotopic (exact) mass is 312 g/mol. The average molecular weight is 312 g/mol. The fourth-order valence-electron chi connectivity index (χ4n) is 3.97. The van der Waals surface area contributed by atoms with Crippen molar-refractivity contribution < 1.29 is 0 Å². The van der Waals surface area contributed by atoms with Crippen LogP contribution in [0.3, 0.4) is 0 Å². The van der Waals surface area contributed by atoms with Gasteiger partial charge in [-0.15, -0.1) is 0 Å². The molecular weight excluding hydrogens is 288 g/mol. The van der Waals surface area contributed by atoms with Crippen molar-refractivity contribution in [1.29, 1.82) is 0 Å². The highest BCUT2D eigenvalue weighted by Gasteiger charge is 2.32. The second kappa shape index (κ2) is 5.47. The summed E-state index contributed by atoms with van der Waals surface area (Å²) in [5.41, 5.74) is 4.39. The molecule has 116 valence electrons. The largest absolute Gasteiger partial charge is 0.378 e. The summed E-state index contributed by atoms with van der Waals surface area (Å²) in [6, 6.07) is 5.71. The zero-order valence-corrected chi connectivity index (χ0v) is 14.4. The Morgan fingerprint density at radius 3 is 2.91 bits per heavy atom. The lowest BCUT2D eigenvalue weighted by Gasteiger charge is -2.33. The zero-order chi connectivity index (χ0) is 15.3. The number of nitrogens with one attached hydrogen (secondary N) is 2. The van der Waals surface area contributed by atoms with Gasteiger partial charge >= 0.3 is 0 Å². The molecule has 0 spiro atoms. The van der Waals surface area contributed by atoms with Gasteiger partial charge in [0.15, 0.2) is 0 Å². The fourth-order valence-corrected chi connectivity index (χ4v) is 4.85. The highest BCUT2D eigenvalue weighted by atomic mass is 32.2. The molecule has 1 aromatic rings. The predicted molar refractivity (Wildman–Crippen MR) is 96.5 cm³/mol. The average Bonchev–Trinajstić information content (AvgIpc) is 2.91. The highest BCUT2D eigenvalue weighted by molar-refractivity contribution is 8.02. The van der Waals surface area contributed by atoms with Crippen molar-refractivity contribution in [3.8, 4) is 0 Å². The first-order chi connectivity index (χ1) is 10.7. The van der Waals surface area contributed by atoms with Crippen molar-refractivity contribution in [2.45, 2.75) is 50.6 Å². The van der Waals surface area contributed by atoms with Crippen LogP contribution in [0, 0.1) is 5.92 Å². The summed E-state index contributed by atoms with van der Waals surface area (Å²) in [7, 11) is 0. The van der Waals surface area contributed by atoms with Gasteiger partial charge < -0.3 is 10.6 Å². The van der Waals surface area contributed by atoms with Crippen molar-refractivity contribution in [2.24, 2.45) is 5.92 Å². The van der Waals surface area contributed by atoms with Crippen molar-refractivity contribution in [3.05, 3.63) is 34.1 Å². The van der Waals surface area contributed by atoms with Crippen LogP contribution in [0.25, 0.3) is 11.1 Å². The summed E-state index contributed by atoms with van der Waals surface area (Å²) in [5.74, 6) is 0.692. The van der Waals surface area contributed by atoms with Crippen LogP contribution in [0.5, 0.6) is 0 Å². The van der Waals surface area contributed by atoms with Gasteiger partial charge in [0.05, 0.1) is 6.04 Å². The van der Waals surface area contributed by atoms with E-state index in [9.17, 15) is 0 Å². The maximum absolute atomic E-state index is 3.79. The van der Waals surface area contributed by atoms with Crippen LogP contribution in [0.4, 0.5) is 5.69 Å². The van der Waals surface area contributed by atoms with Gasteiger partial charge in [-0.05, 0) is 47.4 Å². The quantitative estimate of drug-likeness (QED) is 0.878. The first-order valence-corrected chi connectivity index (χ1v) is 9.29. The van der Waals surface area contributed by atoms with E-state index in [0.717, 1.165) is 13.0 Å². The summed E-state index contributed by atoms with van der Waals surface area (Å²) in [6.45, 7) is 7.92. The second-order valence-corrected chi connectivity index (χ2v) is 7.80. The standard InChI is InChI=1S/C19H24N2S/c1-4-12-7-8-22-17-6-5-14-19(18(12)17)13-10-20-15(11(2)3)9-16(13)21-14/h5-8,11,15-16,20-21H,4,9-10H2,1-3H3. The van der Waals surface area contributed by atoms with Gasteiger partial charge in [-0.25, -0.2) is 0 Å². The Labute approximate surface area is 136 Å². The minimum atomic E-state index is 0.518. The Kier molecular flexibility index (Phi) is 3.58. The molecule has 2 unspecified atom stereocenters. The fraction of sp³-hybridized carbons (Fsp3) is 0.474. The molecule has 0 saturated carbocycles. The normalized spacial score (nSPS) is 25.8. The minimum Gasteiger partial charge on any atom is -0.378 e. The summed E-state index contributed by atoms with van der Waals surface area (Å²) in [4.78, 5) is 1.42. The first kappa shape index (κ1) is 14.4. The SMILES string of the molecule is CCC1=c2c(ccc3c2=C2CNC(C(C)C)CC2N3)SC=C1. The van der Waals surface area contributed by atoms with E-state index in [-0.39, 0.29) is 0 Å². The number of thioether (sulfide) groups is 1. The Morgan fingerprint density at radius 1 is 1.27 bits per heavy atom. The number of anilines is 1. The number of benzene rings is 1. The van der Waals surface area contributed by atoms with Crippen LogP contribution < -0.4 is 21.1 Å². The summed E-state index contributed by atoms with van der Waals surface area (Å²) >= 11 is 1.86. The third-order valence-corrected chi connectivity index (χ3v) is 6.12. The van der Waals surface area contributed by atoms with Gasteiger partial charge in [0.25, 0.3) is 0 Å². The third kappa shape index (κ3) is 2.14. The van der Waals surface area contributed by atoms with Crippen molar-refractivity contribution in [3.63, 3.8) is 0 Å². The lowest BCUT2D eigenvalue weighted by atomic mass is 9.89. The first-order valence-electron chi connectivity index (χ1n) is 8.41. The van der Waals surface area contributed by atoms with Gasteiger partial charge in [0.1, 0.15) is 0 Å². The number of hydrogen-bond donors (Lipinski definition) is 2. The Morgan fingerprint density at radius 2 is 2.14 bits per heavy atom. The lowest BCUT2D eigenvalue weighted by molar-refractivity contribution is 0.366. The van der Waals surface area contributed by atoms with Gasteiger partial charge in [-0.2, -0.15) is 0 Å². The number of hydrogen-bond acceptors (Lipinski definition) is 3. The summed E-state index contributed by atoms with van der Waals surface area (Å²) < 4.78 is 0. The second-order valence-electron chi connectivity index (χ2n) is 6.85. The molecule has 3 aliphatic rings. The molecular formula is C19H24N2S. The van der Waals surface area contributed by atoms with E-state index in [1.807, 2.05) is 11.8 Å². The van der Waals surface area contributed by atoms with Crippen LogP contribution in [0.1, 0.15) is 33.6 Å². The molecule has 2 N–H and O–H groups in total. The molecule has 0 bridgehead atoms. The Hall–Kier alpha value is -1.19. The third-order valence-electron chi connectivity index (χ3n) is 5.25. The molecule has 0 aliphatic carbocycles. The van der Waals surface area contributed by atoms with E-state index in [4.69, 9.17) is 0 Å². The molecule has 3 heterocycles. The molecule has 1 aromatic carbocycles. The molecule has 1 saturated heterocycles. The van der Waals surface area contributed by atoms with Gasteiger partial charge in [-0.1, -0.05) is 38.6 Å². The number of piperidine rings is 1. The Balaban J connectivity index is 1.92. The number of rotatable bonds is 2. The zero-order valence-electron chi connectivity index (χ0n) is 13.6. The molecule has 0 radical (unpaired) electrons. The molecule has 0 aromatic heterocycles. The van der Waals surface area contributed by atoms with E-state index in [0.29, 0.717) is 18.0 Å². The molecule has 1 fully saturated rings. The van der Waals surface area contributed by atoms with E-state index >= 15 is 0 Å². The molecule has 2 nitrogen and oxygen atoms in total. The molecule has 4 rings (SSSR count). The van der Waals surface area contributed by atoms with Crippen molar-refractivity contribution in [2.75, 3.05) is 11.9 Å². The molecule has 2 atom stereocenters. The van der Waals surface area contributed by atoms with Crippen LogP contribution in [0.15, 0.2) is 28.5 Å². The molecule has 0 amide bonds. The van der Waals surface area contributed by atoms with E-state index < -0.39 is 0 Å². The summed E-state index contributed by atoms with van der Waals surface area (Å²) in [5, 5.41) is 12.8. The van der Waals surface area contributed by atoms with Crippen LogP contribution in [-0.2, 0) is 0 Å². The predicted octanol–water partition coefficient (Wildman–Crippen LogP) is 2.83. The lowest BCUT2D eigenvalue weighted by Crippen LogP contribution is -2.46.